The highest BCUT2D eigenvalue weighted by atomic mass is 16.7. The first-order valence-corrected chi connectivity index (χ1v) is 35.9. The van der Waals surface area contributed by atoms with Crippen LogP contribution in [-0.2, 0) is 23.8 Å². The zero-order chi connectivity index (χ0) is 60.9. The van der Waals surface area contributed by atoms with E-state index in [2.05, 4.69) is 55.6 Å². The van der Waals surface area contributed by atoms with Gasteiger partial charge in [0.2, 0.25) is 5.91 Å². The van der Waals surface area contributed by atoms with Crippen LogP contribution in [0.15, 0.2) is 48.6 Å². The fraction of sp³-hybridized carbons (Fsp3) is 0.863. The second-order valence-electron chi connectivity index (χ2n) is 24.9. The van der Waals surface area contributed by atoms with Gasteiger partial charge in [-0.1, -0.05) is 287 Å². The van der Waals surface area contributed by atoms with Crippen LogP contribution in [-0.4, -0.2) is 100 Å². The third kappa shape index (κ3) is 50.6. The van der Waals surface area contributed by atoms with Crippen molar-refractivity contribution >= 4 is 11.9 Å². The molecule has 11 heteroatoms. The fourth-order valence-corrected chi connectivity index (χ4v) is 11.2. The monoisotopic (exact) mass is 1190 g/mol. The van der Waals surface area contributed by atoms with Crippen LogP contribution < -0.4 is 5.32 Å². The normalized spacial score (nSPS) is 18.3. The standard InChI is InChI=1S/C73H135NO10/c1-3-5-7-9-11-13-14-15-16-17-32-35-38-41-45-49-53-57-61-69(78)82-62-58-54-50-46-42-39-36-33-30-28-26-24-22-20-18-19-21-23-25-27-29-31-34-37-40-44-48-52-56-60-68(77)74-65(66(76)59-55-51-47-43-12-10-8-6-4-2)64-83-73-72(81)71(80)70(79)67(63-75)84-73/h13-14,16-18,20,55,59,65-67,70-73,75-76,79-81H,3-12,15,19,21-54,56-58,60-64H2,1-2H3,(H,74,77)/b14-13-,17-16-,20-18-,59-55+. The lowest BCUT2D eigenvalue weighted by atomic mass is 9.99. The van der Waals surface area contributed by atoms with Crippen LogP contribution in [0.1, 0.15) is 341 Å². The van der Waals surface area contributed by atoms with E-state index in [0.717, 1.165) is 64.2 Å². The van der Waals surface area contributed by atoms with E-state index in [9.17, 15) is 35.1 Å². The molecule has 1 saturated heterocycles. The Kier molecular flexibility index (Phi) is 59.0. The van der Waals surface area contributed by atoms with E-state index >= 15 is 0 Å². The highest BCUT2D eigenvalue weighted by Crippen LogP contribution is 2.23. The maximum Gasteiger partial charge on any atom is 0.305 e. The third-order valence-electron chi connectivity index (χ3n) is 16.9. The molecule has 7 atom stereocenters. The first kappa shape index (κ1) is 79.6. The molecule has 11 nitrogen and oxygen atoms in total. The Morgan fingerprint density at radius 2 is 0.798 bits per heavy atom. The Labute approximate surface area is 516 Å². The van der Waals surface area contributed by atoms with Gasteiger partial charge in [-0.15, -0.1) is 0 Å². The Morgan fingerprint density at radius 3 is 1.23 bits per heavy atom. The molecule has 0 radical (unpaired) electrons. The molecule has 1 rings (SSSR count). The molecule has 1 fully saturated rings. The molecular weight excluding hydrogens is 1050 g/mol. The Hall–Kier alpha value is -2.38. The zero-order valence-corrected chi connectivity index (χ0v) is 54.6. The smallest absolute Gasteiger partial charge is 0.305 e. The van der Waals surface area contributed by atoms with Crippen LogP contribution >= 0.6 is 0 Å². The van der Waals surface area contributed by atoms with Crippen molar-refractivity contribution in [3.63, 3.8) is 0 Å². The van der Waals surface area contributed by atoms with Crippen molar-refractivity contribution in [2.75, 3.05) is 19.8 Å². The molecule has 84 heavy (non-hydrogen) atoms. The van der Waals surface area contributed by atoms with E-state index < -0.39 is 49.5 Å². The summed E-state index contributed by atoms with van der Waals surface area (Å²) in [5.74, 6) is -0.182. The molecule has 1 aliphatic heterocycles. The fourth-order valence-electron chi connectivity index (χ4n) is 11.2. The van der Waals surface area contributed by atoms with Gasteiger partial charge in [0.15, 0.2) is 6.29 Å². The number of amides is 1. The van der Waals surface area contributed by atoms with Gasteiger partial charge >= 0.3 is 5.97 Å². The minimum atomic E-state index is -1.57. The van der Waals surface area contributed by atoms with Crippen molar-refractivity contribution in [2.24, 2.45) is 0 Å². The van der Waals surface area contributed by atoms with Crippen molar-refractivity contribution < 1.29 is 49.3 Å². The number of hydrogen-bond acceptors (Lipinski definition) is 10. The average molecular weight is 1190 g/mol. The van der Waals surface area contributed by atoms with Gasteiger partial charge in [0.05, 0.1) is 32.0 Å². The molecule has 6 N–H and O–H groups in total. The Bertz CT molecular complexity index is 1530. The molecule has 7 unspecified atom stereocenters. The summed E-state index contributed by atoms with van der Waals surface area (Å²) in [7, 11) is 0. The van der Waals surface area contributed by atoms with Crippen LogP contribution in [0.5, 0.6) is 0 Å². The summed E-state index contributed by atoms with van der Waals surface area (Å²) in [4.78, 5) is 25.1. The van der Waals surface area contributed by atoms with Gasteiger partial charge < -0.3 is 45.1 Å². The van der Waals surface area contributed by atoms with Crippen molar-refractivity contribution in [3.8, 4) is 0 Å². The molecule has 492 valence electrons. The minimum Gasteiger partial charge on any atom is -0.466 e. The van der Waals surface area contributed by atoms with Crippen LogP contribution in [0.4, 0.5) is 0 Å². The van der Waals surface area contributed by atoms with E-state index in [1.54, 1.807) is 6.08 Å². The summed E-state index contributed by atoms with van der Waals surface area (Å²) < 4.78 is 16.7. The topological polar surface area (TPSA) is 175 Å². The number of aliphatic hydroxyl groups excluding tert-OH is 5. The number of carbonyl (C=O) groups excluding carboxylic acids is 2. The van der Waals surface area contributed by atoms with Gasteiger partial charge in [0.1, 0.15) is 24.4 Å². The lowest BCUT2D eigenvalue weighted by molar-refractivity contribution is -0.302. The summed E-state index contributed by atoms with van der Waals surface area (Å²) >= 11 is 0. The van der Waals surface area contributed by atoms with Crippen molar-refractivity contribution in [2.45, 2.75) is 384 Å². The molecule has 1 heterocycles. The summed E-state index contributed by atoms with van der Waals surface area (Å²) in [6.07, 6.45) is 71.2. The van der Waals surface area contributed by atoms with Gasteiger partial charge in [-0.25, -0.2) is 0 Å². The number of ether oxygens (including phenoxy) is 3. The molecule has 1 aliphatic rings. The van der Waals surface area contributed by atoms with E-state index in [0.29, 0.717) is 19.4 Å². The predicted molar refractivity (Wildman–Crippen MR) is 352 cm³/mol. The van der Waals surface area contributed by atoms with Crippen LogP contribution in [0.2, 0.25) is 0 Å². The Balaban J connectivity index is 1.91. The van der Waals surface area contributed by atoms with Gasteiger partial charge in [-0.2, -0.15) is 0 Å². The van der Waals surface area contributed by atoms with Crippen LogP contribution in [0, 0.1) is 0 Å². The predicted octanol–water partition coefficient (Wildman–Crippen LogP) is 18.4. The molecule has 0 aromatic heterocycles. The maximum atomic E-state index is 13.0. The highest BCUT2D eigenvalue weighted by molar-refractivity contribution is 5.76. The van der Waals surface area contributed by atoms with E-state index in [1.165, 1.54) is 250 Å². The largest absolute Gasteiger partial charge is 0.466 e. The summed E-state index contributed by atoms with van der Waals surface area (Å²) in [6, 6.07) is -0.808. The number of nitrogens with one attached hydrogen (secondary N) is 1. The van der Waals surface area contributed by atoms with Gasteiger partial charge in [-0.05, 0) is 89.9 Å². The molecule has 1 amide bonds. The highest BCUT2D eigenvalue weighted by Gasteiger charge is 2.44. The van der Waals surface area contributed by atoms with Gasteiger partial charge in [-0.3, -0.25) is 9.59 Å². The second kappa shape index (κ2) is 62.2. The van der Waals surface area contributed by atoms with E-state index in [-0.39, 0.29) is 18.5 Å². The molecule has 0 spiro atoms. The number of hydrogen-bond donors (Lipinski definition) is 6. The molecular formula is C73H135NO10. The number of carbonyl (C=O) groups is 2. The number of esters is 1. The third-order valence-corrected chi connectivity index (χ3v) is 16.9. The summed E-state index contributed by atoms with van der Waals surface area (Å²) in [6.45, 7) is 4.32. The number of rotatable bonds is 63. The van der Waals surface area contributed by atoms with Crippen molar-refractivity contribution in [1.82, 2.24) is 5.32 Å². The van der Waals surface area contributed by atoms with E-state index in [4.69, 9.17) is 14.2 Å². The molecule has 0 aromatic rings. The second-order valence-corrected chi connectivity index (χ2v) is 24.9. The first-order chi connectivity index (χ1) is 41.2. The van der Waals surface area contributed by atoms with Gasteiger partial charge in [0.25, 0.3) is 0 Å². The average Bonchev–Trinajstić information content (AvgIpc) is 3.69. The zero-order valence-electron chi connectivity index (χ0n) is 54.6. The maximum absolute atomic E-state index is 13.0. The van der Waals surface area contributed by atoms with Crippen LogP contribution in [0.3, 0.4) is 0 Å². The molecule has 0 aliphatic carbocycles. The number of aliphatic hydroxyl groups is 5. The number of allylic oxidation sites excluding steroid dienone is 7. The molecule has 0 bridgehead atoms. The first-order valence-electron chi connectivity index (χ1n) is 35.9. The molecule has 0 saturated carbocycles. The van der Waals surface area contributed by atoms with Crippen molar-refractivity contribution in [3.05, 3.63) is 48.6 Å². The minimum absolute atomic E-state index is 0.000475. The summed E-state index contributed by atoms with van der Waals surface area (Å²) in [5, 5.41) is 54.3. The van der Waals surface area contributed by atoms with E-state index in [1.807, 2.05) is 6.08 Å². The summed E-state index contributed by atoms with van der Waals surface area (Å²) in [5.41, 5.74) is 0. The molecule has 0 aromatic carbocycles. The van der Waals surface area contributed by atoms with Gasteiger partial charge in [0, 0.05) is 12.8 Å². The lowest BCUT2D eigenvalue weighted by Crippen LogP contribution is -2.60. The lowest BCUT2D eigenvalue weighted by Gasteiger charge is -2.40. The number of unbranched alkanes of at least 4 members (excludes halogenated alkanes) is 43. The van der Waals surface area contributed by atoms with Crippen LogP contribution in [0.25, 0.3) is 0 Å². The SMILES string of the molecule is CCCCCC/C=C\C/C=C\CCCCCCCCCC(=O)OCCCCCCCCCCCCCC/C=C\CCCCCCCCCCCCCCCC(=O)NC(COC1OC(CO)C(O)C(O)C1O)C(O)/C=C/CCCCCCCCC. The quantitative estimate of drug-likeness (QED) is 0.0195. The van der Waals surface area contributed by atoms with Crippen molar-refractivity contribution in [1.29, 1.82) is 0 Å². The Morgan fingerprint density at radius 1 is 0.440 bits per heavy atom.